The lowest BCUT2D eigenvalue weighted by molar-refractivity contribution is 0.0697. The summed E-state index contributed by atoms with van der Waals surface area (Å²) < 4.78 is 5.23. The predicted molar refractivity (Wildman–Crippen MR) is 61.9 cm³/mol. The molecule has 0 aliphatic carbocycles. The molecule has 2 N–H and O–H groups in total. The maximum atomic E-state index is 11.0. The summed E-state index contributed by atoms with van der Waals surface area (Å²) in [6, 6.07) is 6.56. The Bertz CT molecular complexity index is 508. The molecule has 0 spiro atoms. The largest absolute Gasteiger partial charge is 0.478 e. The number of anilines is 1. The standard InChI is InChI=1S/C12H12N2O3/c1-8(10-5-3-7-17-10)14-11-9(12(15)16)4-2-6-13-11/h2-8H,1H3,(H,13,14)(H,15,16). The summed E-state index contributed by atoms with van der Waals surface area (Å²) in [5.41, 5.74) is 0.144. The minimum atomic E-state index is -1.01. The van der Waals surface area contributed by atoms with Crippen LogP contribution in [0.3, 0.4) is 0 Å². The Morgan fingerprint density at radius 1 is 1.47 bits per heavy atom. The molecule has 0 saturated heterocycles. The molecular weight excluding hydrogens is 220 g/mol. The zero-order chi connectivity index (χ0) is 12.3. The van der Waals surface area contributed by atoms with Crippen molar-refractivity contribution in [3.05, 3.63) is 48.0 Å². The molecule has 17 heavy (non-hydrogen) atoms. The number of furan rings is 1. The Kier molecular flexibility index (Phi) is 3.09. The number of pyridine rings is 1. The topological polar surface area (TPSA) is 75.4 Å². The van der Waals surface area contributed by atoms with Crippen molar-refractivity contribution in [1.82, 2.24) is 4.98 Å². The lowest BCUT2D eigenvalue weighted by Crippen LogP contribution is -2.11. The first-order chi connectivity index (χ1) is 8.18. The number of carbonyl (C=O) groups is 1. The average molecular weight is 232 g/mol. The third-order valence-electron chi connectivity index (χ3n) is 2.36. The number of hydrogen-bond acceptors (Lipinski definition) is 4. The number of nitrogens with one attached hydrogen (secondary N) is 1. The van der Waals surface area contributed by atoms with Gasteiger partial charge in [0.25, 0.3) is 0 Å². The maximum Gasteiger partial charge on any atom is 0.339 e. The summed E-state index contributed by atoms with van der Waals surface area (Å²) in [6.07, 6.45) is 3.12. The maximum absolute atomic E-state index is 11.0. The van der Waals surface area contributed by atoms with Crippen LogP contribution in [0.4, 0.5) is 5.82 Å². The number of carboxylic acid groups (broad SMARTS) is 1. The highest BCUT2D eigenvalue weighted by atomic mass is 16.4. The third kappa shape index (κ3) is 2.44. The van der Waals surface area contributed by atoms with E-state index in [0.29, 0.717) is 5.82 Å². The number of hydrogen-bond donors (Lipinski definition) is 2. The predicted octanol–water partition coefficient (Wildman–Crippen LogP) is 2.55. The molecule has 0 aliphatic rings. The summed E-state index contributed by atoms with van der Waals surface area (Å²) in [5, 5.41) is 12.0. The summed E-state index contributed by atoms with van der Waals surface area (Å²) >= 11 is 0. The lowest BCUT2D eigenvalue weighted by atomic mass is 10.2. The van der Waals surface area contributed by atoms with Crippen LogP contribution in [0.1, 0.15) is 29.1 Å². The van der Waals surface area contributed by atoms with Gasteiger partial charge in [0.05, 0.1) is 12.3 Å². The van der Waals surface area contributed by atoms with Crippen molar-refractivity contribution in [2.24, 2.45) is 0 Å². The first kappa shape index (κ1) is 11.2. The molecule has 5 heteroatoms. The molecule has 2 aromatic rings. The molecule has 2 aromatic heterocycles. The summed E-state index contributed by atoms with van der Waals surface area (Å²) in [6.45, 7) is 1.87. The van der Waals surface area contributed by atoms with Crippen LogP contribution < -0.4 is 5.32 Å². The second-order valence-electron chi connectivity index (χ2n) is 3.59. The number of aromatic nitrogens is 1. The van der Waals surface area contributed by atoms with Gasteiger partial charge in [-0.15, -0.1) is 0 Å². The van der Waals surface area contributed by atoms with E-state index >= 15 is 0 Å². The van der Waals surface area contributed by atoms with Crippen molar-refractivity contribution in [2.75, 3.05) is 5.32 Å². The minimum Gasteiger partial charge on any atom is -0.478 e. The van der Waals surface area contributed by atoms with Crippen LogP contribution in [0, 0.1) is 0 Å². The van der Waals surface area contributed by atoms with E-state index in [0.717, 1.165) is 5.76 Å². The van der Waals surface area contributed by atoms with Crippen molar-refractivity contribution >= 4 is 11.8 Å². The van der Waals surface area contributed by atoms with Crippen LogP contribution in [-0.2, 0) is 0 Å². The van der Waals surface area contributed by atoms with Crippen LogP contribution in [0.2, 0.25) is 0 Å². The normalized spacial score (nSPS) is 12.1. The van der Waals surface area contributed by atoms with Gasteiger partial charge in [0.1, 0.15) is 17.1 Å². The van der Waals surface area contributed by atoms with Gasteiger partial charge in [-0.25, -0.2) is 9.78 Å². The quantitative estimate of drug-likeness (QED) is 0.847. The molecular formula is C12H12N2O3. The summed E-state index contributed by atoms with van der Waals surface area (Å²) in [4.78, 5) is 15.0. The number of rotatable bonds is 4. The van der Waals surface area contributed by atoms with Crippen LogP contribution >= 0.6 is 0 Å². The number of nitrogens with zero attached hydrogens (tertiary/aromatic N) is 1. The van der Waals surface area contributed by atoms with Crippen LogP contribution in [0.5, 0.6) is 0 Å². The lowest BCUT2D eigenvalue weighted by Gasteiger charge is -2.13. The molecule has 5 nitrogen and oxygen atoms in total. The zero-order valence-corrected chi connectivity index (χ0v) is 9.25. The number of aromatic carboxylic acids is 1. The fourth-order valence-corrected chi connectivity index (χ4v) is 1.51. The van der Waals surface area contributed by atoms with Gasteiger partial charge < -0.3 is 14.8 Å². The summed E-state index contributed by atoms with van der Waals surface area (Å²) in [5.74, 6) is 0.0585. The van der Waals surface area contributed by atoms with Crippen molar-refractivity contribution in [1.29, 1.82) is 0 Å². The molecule has 0 amide bonds. The molecule has 0 aromatic carbocycles. The Balaban J connectivity index is 2.21. The molecule has 88 valence electrons. The highest BCUT2D eigenvalue weighted by Gasteiger charge is 2.14. The average Bonchev–Trinajstić information content (AvgIpc) is 2.83. The van der Waals surface area contributed by atoms with Crippen LogP contribution in [0.25, 0.3) is 0 Å². The molecule has 0 radical (unpaired) electrons. The molecule has 0 bridgehead atoms. The second kappa shape index (κ2) is 4.69. The Morgan fingerprint density at radius 2 is 2.29 bits per heavy atom. The van der Waals surface area contributed by atoms with Crippen molar-refractivity contribution in [3.8, 4) is 0 Å². The van der Waals surface area contributed by atoms with Gasteiger partial charge in [0.2, 0.25) is 0 Å². The highest BCUT2D eigenvalue weighted by Crippen LogP contribution is 2.20. The van der Waals surface area contributed by atoms with Crippen LogP contribution in [0.15, 0.2) is 41.1 Å². The van der Waals surface area contributed by atoms with Gasteiger partial charge in [-0.05, 0) is 31.2 Å². The Hall–Kier alpha value is -2.30. The smallest absolute Gasteiger partial charge is 0.339 e. The van der Waals surface area contributed by atoms with Crippen molar-refractivity contribution < 1.29 is 14.3 Å². The fraction of sp³-hybridized carbons (Fsp3) is 0.167. The van der Waals surface area contributed by atoms with E-state index in [-0.39, 0.29) is 11.6 Å². The molecule has 0 saturated carbocycles. The first-order valence-corrected chi connectivity index (χ1v) is 5.16. The minimum absolute atomic E-state index is 0.141. The third-order valence-corrected chi connectivity index (χ3v) is 2.36. The van der Waals surface area contributed by atoms with E-state index in [2.05, 4.69) is 10.3 Å². The fourth-order valence-electron chi connectivity index (χ4n) is 1.51. The molecule has 1 unspecified atom stereocenters. The molecule has 0 aliphatic heterocycles. The van der Waals surface area contributed by atoms with Gasteiger partial charge in [-0.2, -0.15) is 0 Å². The van der Waals surface area contributed by atoms with Gasteiger partial charge in [-0.3, -0.25) is 0 Å². The van der Waals surface area contributed by atoms with Gasteiger partial charge in [-0.1, -0.05) is 0 Å². The van der Waals surface area contributed by atoms with Gasteiger partial charge >= 0.3 is 5.97 Å². The van der Waals surface area contributed by atoms with Gasteiger partial charge in [0, 0.05) is 6.20 Å². The Morgan fingerprint density at radius 3 is 2.94 bits per heavy atom. The van der Waals surface area contributed by atoms with E-state index < -0.39 is 5.97 Å². The highest BCUT2D eigenvalue weighted by molar-refractivity contribution is 5.93. The van der Waals surface area contributed by atoms with E-state index in [1.54, 1.807) is 24.6 Å². The Labute approximate surface area is 98.1 Å². The molecule has 0 fully saturated rings. The van der Waals surface area contributed by atoms with Crippen LogP contribution in [-0.4, -0.2) is 16.1 Å². The zero-order valence-electron chi connectivity index (χ0n) is 9.25. The van der Waals surface area contributed by atoms with E-state index in [4.69, 9.17) is 9.52 Å². The summed E-state index contributed by atoms with van der Waals surface area (Å²) in [7, 11) is 0. The van der Waals surface area contributed by atoms with Crippen molar-refractivity contribution in [2.45, 2.75) is 13.0 Å². The second-order valence-corrected chi connectivity index (χ2v) is 3.59. The first-order valence-electron chi connectivity index (χ1n) is 5.16. The molecule has 1 atom stereocenters. The van der Waals surface area contributed by atoms with E-state index in [1.165, 1.54) is 6.07 Å². The number of carboxylic acids is 1. The van der Waals surface area contributed by atoms with E-state index in [9.17, 15) is 4.79 Å². The van der Waals surface area contributed by atoms with E-state index in [1.807, 2.05) is 13.0 Å². The van der Waals surface area contributed by atoms with Crippen molar-refractivity contribution in [3.63, 3.8) is 0 Å². The van der Waals surface area contributed by atoms with Gasteiger partial charge in [0.15, 0.2) is 0 Å². The molecule has 2 heterocycles. The molecule has 2 rings (SSSR count). The SMILES string of the molecule is CC(Nc1ncccc1C(=O)O)c1ccco1. The monoisotopic (exact) mass is 232 g/mol.